The highest BCUT2D eigenvalue weighted by atomic mass is 32.1. The molecule has 0 aliphatic rings. The molecule has 0 atom stereocenters. The van der Waals surface area contributed by atoms with E-state index in [1.165, 1.54) is 29.5 Å². The van der Waals surface area contributed by atoms with Gasteiger partial charge in [0.2, 0.25) is 0 Å². The third-order valence-electron chi connectivity index (χ3n) is 2.34. The highest BCUT2D eigenvalue weighted by Crippen LogP contribution is 2.14. The number of nitrogens with zero attached hydrogens (tertiary/aromatic N) is 1. The van der Waals surface area contributed by atoms with Crippen LogP contribution in [0.25, 0.3) is 6.08 Å². The molecule has 0 unspecified atom stereocenters. The van der Waals surface area contributed by atoms with Crippen molar-refractivity contribution in [1.82, 2.24) is 0 Å². The van der Waals surface area contributed by atoms with Gasteiger partial charge in [0.1, 0.15) is 0 Å². The summed E-state index contributed by atoms with van der Waals surface area (Å²) in [4.78, 5) is 21.7. The minimum absolute atomic E-state index is 0.0383. The Kier molecular flexibility index (Phi) is 3.64. The summed E-state index contributed by atoms with van der Waals surface area (Å²) < 4.78 is 0. The van der Waals surface area contributed by atoms with Crippen molar-refractivity contribution in [2.24, 2.45) is 0 Å². The van der Waals surface area contributed by atoms with E-state index in [1.54, 1.807) is 29.7 Å². The fourth-order valence-corrected chi connectivity index (χ4v) is 2.03. The number of hydrogen-bond acceptors (Lipinski definition) is 4. The molecular formula is C13H9NO3S. The van der Waals surface area contributed by atoms with E-state index < -0.39 is 4.92 Å². The fourth-order valence-electron chi connectivity index (χ4n) is 1.38. The molecule has 2 rings (SSSR count). The number of non-ortho nitro benzene ring substituents is 1. The normalized spacial score (nSPS) is 10.7. The van der Waals surface area contributed by atoms with Crippen LogP contribution < -0.4 is 0 Å². The van der Waals surface area contributed by atoms with Gasteiger partial charge in [0.15, 0.2) is 5.78 Å². The number of nitro groups is 1. The average Bonchev–Trinajstić information content (AvgIpc) is 2.90. The van der Waals surface area contributed by atoms with Gasteiger partial charge in [-0.25, -0.2) is 0 Å². The van der Waals surface area contributed by atoms with E-state index in [0.29, 0.717) is 5.56 Å². The monoisotopic (exact) mass is 259 g/mol. The van der Waals surface area contributed by atoms with Crippen molar-refractivity contribution in [3.05, 3.63) is 68.4 Å². The van der Waals surface area contributed by atoms with Crippen LogP contribution >= 0.6 is 11.3 Å². The molecular weight excluding hydrogens is 250 g/mol. The van der Waals surface area contributed by atoms with Crippen LogP contribution in [-0.4, -0.2) is 10.7 Å². The van der Waals surface area contributed by atoms with E-state index >= 15 is 0 Å². The van der Waals surface area contributed by atoms with Gasteiger partial charge in [-0.15, -0.1) is 0 Å². The predicted octanol–water partition coefficient (Wildman–Crippen LogP) is 3.55. The molecule has 4 nitrogen and oxygen atoms in total. The van der Waals surface area contributed by atoms with E-state index in [-0.39, 0.29) is 11.5 Å². The first-order chi connectivity index (χ1) is 8.66. The zero-order valence-corrected chi connectivity index (χ0v) is 10.1. The van der Waals surface area contributed by atoms with E-state index in [9.17, 15) is 14.9 Å². The van der Waals surface area contributed by atoms with Gasteiger partial charge in [-0.05, 0) is 35.2 Å². The Morgan fingerprint density at radius 2 is 1.94 bits per heavy atom. The maximum atomic E-state index is 11.7. The van der Waals surface area contributed by atoms with Crippen molar-refractivity contribution in [3.8, 4) is 0 Å². The average molecular weight is 259 g/mol. The molecule has 0 amide bonds. The molecule has 90 valence electrons. The number of hydrogen-bond donors (Lipinski definition) is 0. The highest BCUT2D eigenvalue weighted by Gasteiger charge is 2.03. The maximum absolute atomic E-state index is 11.7. The molecule has 18 heavy (non-hydrogen) atoms. The highest BCUT2D eigenvalue weighted by molar-refractivity contribution is 7.08. The first kappa shape index (κ1) is 12.2. The summed E-state index contributed by atoms with van der Waals surface area (Å²) in [5, 5.41) is 14.1. The zero-order chi connectivity index (χ0) is 13.0. The molecule has 0 N–H and O–H groups in total. The van der Waals surface area contributed by atoms with Crippen LogP contribution in [0.3, 0.4) is 0 Å². The predicted molar refractivity (Wildman–Crippen MR) is 70.8 cm³/mol. The minimum Gasteiger partial charge on any atom is -0.289 e. The third-order valence-corrected chi connectivity index (χ3v) is 3.02. The van der Waals surface area contributed by atoms with Gasteiger partial charge in [-0.2, -0.15) is 11.3 Å². The lowest BCUT2D eigenvalue weighted by molar-refractivity contribution is -0.384. The molecule has 0 spiro atoms. The maximum Gasteiger partial charge on any atom is 0.269 e. The lowest BCUT2D eigenvalue weighted by Crippen LogP contribution is -1.90. The molecule has 2 aromatic rings. The number of nitro benzene ring substituents is 1. The van der Waals surface area contributed by atoms with Gasteiger partial charge >= 0.3 is 0 Å². The molecule has 0 fully saturated rings. The number of ketones is 1. The molecule has 0 saturated heterocycles. The van der Waals surface area contributed by atoms with E-state index in [2.05, 4.69) is 0 Å². The van der Waals surface area contributed by atoms with Crippen LogP contribution in [0.4, 0.5) is 5.69 Å². The van der Waals surface area contributed by atoms with E-state index in [4.69, 9.17) is 0 Å². The summed E-state index contributed by atoms with van der Waals surface area (Å²) in [5.41, 5.74) is 1.44. The second-order valence-corrected chi connectivity index (χ2v) is 4.34. The largest absolute Gasteiger partial charge is 0.289 e. The molecule has 1 heterocycles. The first-order valence-electron chi connectivity index (χ1n) is 5.16. The van der Waals surface area contributed by atoms with Crippen LogP contribution in [0.5, 0.6) is 0 Å². The number of benzene rings is 1. The van der Waals surface area contributed by atoms with Gasteiger partial charge in [-0.1, -0.05) is 6.08 Å². The number of carbonyl (C=O) groups is 1. The molecule has 0 aliphatic heterocycles. The van der Waals surface area contributed by atoms with Crippen molar-refractivity contribution in [2.45, 2.75) is 0 Å². The summed E-state index contributed by atoms with van der Waals surface area (Å²) in [6.07, 6.45) is 3.10. The summed E-state index contributed by atoms with van der Waals surface area (Å²) in [6.45, 7) is 0. The Labute approximate surface area is 107 Å². The SMILES string of the molecule is O=C(/C=C/c1ccc([N+](=O)[O-])cc1)c1ccsc1. The fraction of sp³-hybridized carbons (Fsp3) is 0. The standard InChI is InChI=1S/C13H9NO3S/c15-13(11-7-8-18-9-11)6-3-10-1-4-12(5-2-10)14(16)17/h1-9H/b6-3+. The minimum atomic E-state index is -0.454. The molecule has 0 saturated carbocycles. The summed E-state index contributed by atoms with van der Waals surface area (Å²) in [7, 11) is 0. The topological polar surface area (TPSA) is 60.2 Å². The van der Waals surface area contributed by atoms with Crippen LogP contribution in [0.15, 0.2) is 47.2 Å². The molecule has 0 aliphatic carbocycles. The first-order valence-corrected chi connectivity index (χ1v) is 6.10. The van der Waals surface area contributed by atoms with Gasteiger partial charge in [0, 0.05) is 23.1 Å². The second-order valence-electron chi connectivity index (χ2n) is 3.56. The van der Waals surface area contributed by atoms with Gasteiger partial charge < -0.3 is 0 Å². The van der Waals surface area contributed by atoms with Gasteiger partial charge in [0.25, 0.3) is 5.69 Å². The third kappa shape index (κ3) is 2.89. The van der Waals surface area contributed by atoms with Crippen LogP contribution in [0.1, 0.15) is 15.9 Å². The lowest BCUT2D eigenvalue weighted by atomic mass is 10.1. The molecule has 0 radical (unpaired) electrons. The Bertz CT molecular complexity index is 585. The van der Waals surface area contributed by atoms with Crippen molar-refractivity contribution in [1.29, 1.82) is 0 Å². The van der Waals surface area contributed by atoms with Crippen molar-refractivity contribution in [3.63, 3.8) is 0 Å². The van der Waals surface area contributed by atoms with Crippen LogP contribution in [0.2, 0.25) is 0 Å². The zero-order valence-electron chi connectivity index (χ0n) is 9.28. The number of thiophene rings is 1. The smallest absolute Gasteiger partial charge is 0.269 e. The lowest BCUT2D eigenvalue weighted by Gasteiger charge is -1.93. The molecule has 5 heteroatoms. The Morgan fingerprint density at radius 3 is 2.50 bits per heavy atom. The quantitative estimate of drug-likeness (QED) is 0.365. The van der Waals surface area contributed by atoms with E-state index in [1.807, 2.05) is 5.38 Å². The summed E-state index contributed by atoms with van der Waals surface area (Å²) in [6, 6.07) is 7.79. The molecule has 1 aromatic carbocycles. The van der Waals surface area contributed by atoms with Gasteiger partial charge in [0.05, 0.1) is 4.92 Å². The Hall–Kier alpha value is -2.27. The summed E-state index contributed by atoms with van der Waals surface area (Å²) in [5.74, 6) is -0.0744. The Morgan fingerprint density at radius 1 is 1.22 bits per heavy atom. The number of carbonyl (C=O) groups excluding carboxylic acids is 1. The van der Waals surface area contributed by atoms with Crippen molar-refractivity contribution < 1.29 is 9.72 Å². The number of rotatable bonds is 4. The van der Waals surface area contributed by atoms with E-state index in [0.717, 1.165) is 5.56 Å². The van der Waals surface area contributed by atoms with Crippen molar-refractivity contribution >= 4 is 28.9 Å². The number of allylic oxidation sites excluding steroid dienone is 1. The summed E-state index contributed by atoms with van der Waals surface area (Å²) >= 11 is 1.47. The van der Waals surface area contributed by atoms with Gasteiger partial charge in [-0.3, -0.25) is 14.9 Å². The van der Waals surface area contributed by atoms with Crippen molar-refractivity contribution in [2.75, 3.05) is 0 Å². The second kappa shape index (κ2) is 5.37. The molecule has 0 bridgehead atoms. The Balaban J connectivity index is 2.09. The van der Waals surface area contributed by atoms with Crippen LogP contribution in [0, 0.1) is 10.1 Å². The van der Waals surface area contributed by atoms with Crippen LogP contribution in [-0.2, 0) is 0 Å². The molecule has 1 aromatic heterocycles.